The number of hydrogen-bond donors (Lipinski definition) is 2. The fraction of sp³-hybridized carbons (Fsp3) is 0.500. The molecule has 0 radical (unpaired) electrons. The van der Waals surface area contributed by atoms with Crippen LogP contribution in [0.1, 0.15) is 27.8 Å². The van der Waals surface area contributed by atoms with Crippen LogP contribution >= 0.6 is 0 Å². The minimum atomic E-state index is -0.119. The van der Waals surface area contributed by atoms with Crippen LogP contribution in [0.15, 0.2) is 12.3 Å². The zero-order valence-corrected chi connectivity index (χ0v) is 10.1. The number of aryl methyl sites for hydroxylation is 1. The number of ketones is 1. The maximum absolute atomic E-state index is 11.9. The molecule has 1 saturated heterocycles. The highest BCUT2D eigenvalue weighted by molar-refractivity contribution is 5.99. The van der Waals surface area contributed by atoms with Crippen molar-refractivity contribution in [1.29, 1.82) is 0 Å². The molecule has 1 aliphatic heterocycles. The van der Waals surface area contributed by atoms with Gasteiger partial charge in [0.05, 0.1) is 0 Å². The lowest BCUT2D eigenvalue weighted by atomic mass is 10.0. The Morgan fingerprint density at radius 1 is 1.53 bits per heavy atom. The molecule has 92 valence electrons. The second kappa shape index (κ2) is 4.71. The van der Waals surface area contributed by atoms with Crippen molar-refractivity contribution in [3.8, 4) is 0 Å². The molecular weight excluding hydrogens is 218 g/mol. The van der Waals surface area contributed by atoms with Crippen molar-refractivity contribution in [2.24, 2.45) is 13.0 Å². The normalized spacial score (nSPS) is 15.4. The van der Waals surface area contributed by atoms with Crippen molar-refractivity contribution in [3.63, 3.8) is 0 Å². The van der Waals surface area contributed by atoms with E-state index in [1.54, 1.807) is 23.9 Å². The Bertz CT molecular complexity index is 447. The highest BCUT2D eigenvalue weighted by Crippen LogP contribution is 2.08. The second-order valence-electron chi connectivity index (χ2n) is 4.52. The average molecular weight is 235 g/mol. The number of hydrogen-bond acceptors (Lipinski definition) is 3. The molecule has 1 amide bonds. The number of nitrogens with one attached hydrogen (secondary N) is 2. The molecule has 1 aromatic rings. The summed E-state index contributed by atoms with van der Waals surface area (Å²) in [6.07, 6.45) is 1.68. The highest BCUT2D eigenvalue weighted by atomic mass is 16.2. The van der Waals surface area contributed by atoms with Crippen LogP contribution in [0.3, 0.4) is 0 Å². The summed E-state index contributed by atoms with van der Waals surface area (Å²) >= 11 is 0. The molecule has 5 nitrogen and oxygen atoms in total. The molecule has 1 aliphatic rings. The highest BCUT2D eigenvalue weighted by Gasteiger charge is 2.19. The molecule has 2 heterocycles. The van der Waals surface area contributed by atoms with Gasteiger partial charge in [0.25, 0.3) is 5.91 Å². The van der Waals surface area contributed by atoms with E-state index >= 15 is 0 Å². The number of nitrogens with zero attached hydrogens (tertiary/aromatic N) is 1. The van der Waals surface area contributed by atoms with E-state index in [4.69, 9.17) is 0 Å². The van der Waals surface area contributed by atoms with E-state index in [-0.39, 0.29) is 11.7 Å². The second-order valence-corrected chi connectivity index (χ2v) is 4.52. The predicted octanol–water partition coefficient (Wildman–Crippen LogP) is 0.177. The van der Waals surface area contributed by atoms with E-state index in [1.807, 2.05) is 0 Å². The molecule has 2 N–H and O–H groups in total. The van der Waals surface area contributed by atoms with Crippen LogP contribution in [0, 0.1) is 5.92 Å². The van der Waals surface area contributed by atoms with E-state index in [1.165, 1.54) is 6.92 Å². The van der Waals surface area contributed by atoms with E-state index in [0.29, 0.717) is 23.7 Å². The number of carbonyl (C=O) groups excluding carboxylic acids is 2. The molecule has 5 heteroatoms. The average Bonchev–Trinajstić information content (AvgIpc) is 2.58. The molecule has 17 heavy (non-hydrogen) atoms. The Morgan fingerprint density at radius 2 is 2.24 bits per heavy atom. The van der Waals surface area contributed by atoms with Crippen LogP contribution < -0.4 is 10.6 Å². The molecule has 1 aromatic heterocycles. The Balaban J connectivity index is 1.99. The van der Waals surface area contributed by atoms with Crippen LogP contribution in [0.2, 0.25) is 0 Å². The smallest absolute Gasteiger partial charge is 0.267 e. The number of Topliss-reactive ketones (excluding diaryl/α,β-unsaturated/α-hetero) is 1. The third-order valence-corrected chi connectivity index (χ3v) is 3.06. The van der Waals surface area contributed by atoms with Gasteiger partial charge in [0.1, 0.15) is 5.69 Å². The molecule has 0 atom stereocenters. The van der Waals surface area contributed by atoms with E-state index in [9.17, 15) is 9.59 Å². The van der Waals surface area contributed by atoms with Crippen LogP contribution in [-0.2, 0) is 7.05 Å². The molecule has 2 rings (SSSR count). The van der Waals surface area contributed by atoms with Crippen LogP contribution in [0.25, 0.3) is 0 Å². The first-order valence-corrected chi connectivity index (χ1v) is 5.74. The first-order chi connectivity index (χ1) is 8.08. The third kappa shape index (κ3) is 2.55. The molecular formula is C12H17N3O2. The minimum absolute atomic E-state index is 0.0251. The molecule has 1 fully saturated rings. The molecule has 0 aromatic carbocycles. The van der Waals surface area contributed by atoms with Crippen molar-refractivity contribution in [2.45, 2.75) is 6.92 Å². The maximum Gasteiger partial charge on any atom is 0.267 e. The van der Waals surface area contributed by atoms with Gasteiger partial charge in [-0.1, -0.05) is 0 Å². The van der Waals surface area contributed by atoms with E-state index in [0.717, 1.165) is 13.1 Å². The number of aromatic nitrogens is 1. The third-order valence-electron chi connectivity index (χ3n) is 3.06. The molecule has 0 spiro atoms. The fourth-order valence-electron chi connectivity index (χ4n) is 1.80. The summed E-state index contributed by atoms with van der Waals surface area (Å²) < 4.78 is 1.69. The SMILES string of the molecule is CC(=O)c1cc(C(=O)NCC2CNC2)n(C)c1. The number of carbonyl (C=O) groups is 2. The summed E-state index contributed by atoms with van der Waals surface area (Å²) in [5.41, 5.74) is 1.10. The van der Waals surface area contributed by atoms with Gasteiger partial charge in [-0.15, -0.1) is 0 Å². The Morgan fingerprint density at radius 3 is 2.71 bits per heavy atom. The lowest BCUT2D eigenvalue weighted by Crippen LogP contribution is -2.48. The summed E-state index contributed by atoms with van der Waals surface area (Å²) in [7, 11) is 1.77. The van der Waals surface area contributed by atoms with Gasteiger partial charge < -0.3 is 15.2 Å². The van der Waals surface area contributed by atoms with Gasteiger partial charge in [0.15, 0.2) is 5.78 Å². The van der Waals surface area contributed by atoms with Crippen molar-refractivity contribution in [3.05, 3.63) is 23.5 Å². The molecule has 0 saturated carbocycles. The first-order valence-electron chi connectivity index (χ1n) is 5.74. The summed E-state index contributed by atoms with van der Waals surface area (Å²) in [4.78, 5) is 23.1. The summed E-state index contributed by atoms with van der Waals surface area (Å²) in [5, 5.41) is 6.04. The van der Waals surface area contributed by atoms with Gasteiger partial charge in [-0.3, -0.25) is 9.59 Å². The lowest BCUT2D eigenvalue weighted by Gasteiger charge is -2.27. The lowest BCUT2D eigenvalue weighted by molar-refractivity contribution is 0.0934. The largest absolute Gasteiger partial charge is 0.350 e. The Kier molecular flexibility index (Phi) is 3.28. The zero-order chi connectivity index (χ0) is 12.4. The van der Waals surface area contributed by atoms with Crippen LogP contribution in [0.4, 0.5) is 0 Å². The zero-order valence-electron chi connectivity index (χ0n) is 10.1. The predicted molar refractivity (Wildman–Crippen MR) is 64.1 cm³/mol. The van der Waals surface area contributed by atoms with E-state index < -0.39 is 0 Å². The van der Waals surface area contributed by atoms with Gasteiger partial charge in [-0.25, -0.2) is 0 Å². The summed E-state index contributed by atoms with van der Waals surface area (Å²) in [6.45, 7) is 4.11. The van der Waals surface area contributed by atoms with Gasteiger partial charge in [-0.05, 0) is 13.0 Å². The monoisotopic (exact) mass is 235 g/mol. The summed E-state index contributed by atoms with van der Waals surface area (Å²) in [5.74, 6) is 0.390. The van der Waals surface area contributed by atoms with Crippen molar-refractivity contribution in [1.82, 2.24) is 15.2 Å². The topological polar surface area (TPSA) is 63.1 Å². The molecule has 0 bridgehead atoms. The number of amides is 1. The number of rotatable bonds is 4. The standard InChI is InChI=1S/C12H17N3O2/c1-8(16)10-3-11(15(2)7-10)12(17)14-6-9-4-13-5-9/h3,7,9,13H,4-6H2,1-2H3,(H,14,17). The van der Waals surface area contributed by atoms with Gasteiger partial charge in [0.2, 0.25) is 0 Å². The van der Waals surface area contributed by atoms with Crippen molar-refractivity contribution < 1.29 is 9.59 Å². The Hall–Kier alpha value is -1.62. The fourth-order valence-corrected chi connectivity index (χ4v) is 1.80. The van der Waals surface area contributed by atoms with Gasteiger partial charge in [-0.2, -0.15) is 0 Å². The van der Waals surface area contributed by atoms with Crippen LogP contribution in [0.5, 0.6) is 0 Å². The van der Waals surface area contributed by atoms with Crippen molar-refractivity contribution >= 4 is 11.7 Å². The quantitative estimate of drug-likeness (QED) is 0.732. The minimum Gasteiger partial charge on any atom is -0.350 e. The van der Waals surface area contributed by atoms with Gasteiger partial charge >= 0.3 is 0 Å². The molecule has 0 aliphatic carbocycles. The first kappa shape index (κ1) is 11.9. The summed E-state index contributed by atoms with van der Waals surface area (Å²) in [6, 6.07) is 1.64. The van der Waals surface area contributed by atoms with Gasteiger partial charge in [0, 0.05) is 44.4 Å². The van der Waals surface area contributed by atoms with E-state index in [2.05, 4.69) is 10.6 Å². The maximum atomic E-state index is 11.9. The molecule has 0 unspecified atom stereocenters. The van der Waals surface area contributed by atoms with Crippen molar-refractivity contribution in [2.75, 3.05) is 19.6 Å². The van der Waals surface area contributed by atoms with Crippen LogP contribution in [-0.4, -0.2) is 35.9 Å². The Labute approximate surface area is 100 Å².